The third-order valence-electron chi connectivity index (χ3n) is 3.72. The quantitative estimate of drug-likeness (QED) is 0.917. The second-order valence-electron chi connectivity index (χ2n) is 5.47. The molecule has 1 aromatic heterocycles. The minimum atomic E-state index is -0.0316. The Morgan fingerprint density at radius 1 is 1.43 bits per heavy atom. The van der Waals surface area contributed by atoms with E-state index in [9.17, 15) is 9.90 Å². The molecule has 4 nitrogen and oxygen atoms in total. The molecule has 0 saturated heterocycles. The summed E-state index contributed by atoms with van der Waals surface area (Å²) < 4.78 is 2.97. The second-order valence-corrected chi connectivity index (χ2v) is 6.39. The van der Waals surface area contributed by atoms with Crippen molar-refractivity contribution < 1.29 is 9.90 Å². The molecule has 0 bridgehead atoms. The zero-order chi connectivity index (χ0) is 15.0. The minimum absolute atomic E-state index is 0.0316. The number of para-hydroxylation sites is 1. The van der Waals surface area contributed by atoms with Crippen molar-refractivity contribution in [3.8, 4) is 5.75 Å². The summed E-state index contributed by atoms with van der Waals surface area (Å²) in [6.45, 7) is 0.388. The number of hydrogen-bond donors (Lipinski definition) is 1. The van der Waals surface area contributed by atoms with E-state index in [1.165, 1.54) is 0 Å². The molecule has 5 heteroatoms. The number of halogens is 1. The summed E-state index contributed by atoms with van der Waals surface area (Å²) in [5.74, 6) is 0.187. The molecule has 0 spiro atoms. The van der Waals surface area contributed by atoms with E-state index in [4.69, 9.17) is 0 Å². The number of benzene rings is 1. The molecule has 2 aromatic rings. The van der Waals surface area contributed by atoms with Crippen LogP contribution in [0.3, 0.4) is 0 Å². The number of hydrogen-bond acceptors (Lipinski definition) is 2. The number of phenolic OH excluding ortho intramolecular Hbond substituents is 1. The second kappa shape index (κ2) is 5.56. The van der Waals surface area contributed by atoms with Crippen LogP contribution in [0.4, 0.5) is 0 Å². The maximum Gasteiger partial charge on any atom is 0.270 e. The summed E-state index contributed by atoms with van der Waals surface area (Å²) in [6.07, 6.45) is 4.23. The van der Waals surface area contributed by atoms with Gasteiger partial charge in [0, 0.05) is 35.9 Å². The molecule has 1 aromatic carbocycles. The fourth-order valence-corrected chi connectivity index (χ4v) is 2.88. The number of carbonyl (C=O) groups is 1. The fourth-order valence-electron chi connectivity index (χ4n) is 2.44. The van der Waals surface area contributed by atoms with Gasteiger partial charge >= 0.3 is 0 Å². The molecule has 3 rings (SSSR count). The first-order valence-corrected chi connectivity index (χ1v) is 7.75. The van der Waals surface area contributed by atoms with Crippen LogP contribution in [0.25, 0.3) is 0 Å². The van der Waals surface area contributed by atoms with Crippen molar-refractivity contribution in [2.45, 2.75) is 25.4 Å². The maximum absolute atomic E-state index is 12.6. The first kappa shape index (κ1) is 14.2. The first-order valence-electron chi connectivity index (χ1n) is 6.96. The molecule has 1 saturated carbocycles. The molecule has 0 atom stereocenters. The van der Waals surface area contributed by atoms with Gasteiger partial charge in [-0.1, -0.05) is 18.2 Å². The monoisotopic (exact) mass is 348 g/mol. The Bertz CT molecular complexity index is 677. The zero-order valence-corrected chi connectivity index (χ0v) is 13.4. The Labute approximate surface area is 132 Å². The number of aromatic hydroxyl groups is 1. The molecule has 0 radical (unpaired) electrons. The molecular formula is C16H17BrN2O2. The van der Waals surface area contributed by atoms with Crippen LogP contribution < -0.4 is 0 Å². The predicted octanol–water partition coefficient (Wildman–Crippen LogP) is 3.56. The summed E-state index contributed by atoms with van der Waals surface area (Å²) in [6, 6.07) is 9.41. The number of amides is 1. The van der Waals surface area contributed by atoms with E-state index in [1.807, 2.05) is 29.0 Å². The van der Waals surface area contributed by atoms with E-state index in [0.717, 1.165) is 22.9 Å². The Hall–Kier alpha value is -1.75. The third-order valence-corrected chi connectivity index (χ3v) is 4.15. The molecule has 0 aliphatic heterocycles. The van der Waals surface area contributed by atoms with E-state index < -0.39 is 0 Å². The summed E-state index contributed by atoms with van der Waals surface area (Å²) in [4.78, 5) is 14.3. The highest BCUT2D eigenvalue weighted by Crippen LogP contribution is 2.37. The number of aromatic nitrogens is 1. The minimum Gasteiger partial charge on any atom is -0.508 e. The normalized spacial score (nSPS) is 14.2. The Morgan fingerprint density at radius 3 is 2.81 bits per heavy atom. The summed E-state index contributed by atoms with van der Waals surface area (Å²) in [5, 5.41) is 9.82. The highest BCUT2D eigenvalue weighted by atomic mass is 79.9. The lowest BCUT2D eigenvalue weighted by Gasteiger charge is -2.19. The number of nitrogens with zero attached hydrogens (tertiary/aromatic N) is 2. The van der Waals surface area contributed by atoms with Gasteiger partial charge in [-0.05, 0) is 40.9 Å². The molecule has 110 valence electrons. The standard InChI is InChI=1S/C16H17BrN2O2/c1-18(9-11-4-2-3-5-15(11)20)16(21)14-8-12(17)10-19(14)13-6-7-13/h2-5,8,10,13,20H,6-7,9H2,1H3. The van der Waals surface area contributed by atoms with Crippen molar-refractivity contribution in [3.63, 3.8) is 0 Å². The molecule has 1 amide bonds. The Kier molecular flexibility index (Phi) is 3.76. The average Bonchev–Trinajstić information content (AvgIpc) is 3.23. The van der Waals surface area contributed by atoms with Crippen LogP contribution in [0.1, 0.15) is 34.9 Å². The summed E-state index contributed by atoms with van der Waals surface area (Å²) in [7, 11) is 1.76. The molecule has 21 heavy (non-hydrogen) atoms. The maximum atomic E-state index is 12.6. The largest absolute Gasteiger partial charge is 0.508 e. The first-order chi connectivity index (χ1) is 10.1. The lowest BCUT2D eigenvalue weighted by molar-refractivity contribution is 0.0773. The molecular weight excluding hydrogens is 332 g/mol. The number of phenols is 1. The van der Waals surface area contributed by atoms with Crippen molar-refractivity contribution in [3.05, 3.63) is 52.3 Å². The van der Waals surface area contributed by atoms with Crippen LogP contribution in [0, 0.1) is 0 Å². The fraction of sp³-hybridized carbons (Fsp3) is 0.312. The van der Waals surface area contributed by atoms with Crippen molar-refractivity contribution in [2.24, 2.45) is 0 Å². The van der Waals surface area contributed by atoms with Gasteiger partial charge < -0.3 is 14.6 Å². The van der Waals surface area contributed by atoms with Crippen LogP contribution >= 0.6 is 15.9 Å². The van der Waals surface area contributed by atoms with Crippen LogP contribution in [0.15, 0.2) is 41.0 Å². The SMILES string of the molecule is CN(Cc1ccccc1O)C(=O)c1cc(Br)cn1C1CC1. The molecule has 0 unspecified atom stereocenters. The van der Waals surface area contributed by atoms with Crippen molar-refractivity contribution in [1.82, 2.24) is 9.47 Å². The molecule has 1 aliphatic carbocycles. The Morgan fingerprint density at radius 2 is 2.14 bits per heavy atom. The van der Waals surface area contributed by atoms with Gasteiger partial charge in [0.1, 0.15) is 11.4 Å². The smallest absolute Gasteiger partial charge is 0.270 e. The van der Waals surface area contributed by atoms with Gasteiger partial charge in [0.25, 0.3) is 5.91 Å². The lowest BCUT2D eigenvalue weighted by atomic mass is 10.2. The van der Waals surface area contributed by atoms with Gasteiger partial charge in [0.2, 0.25) is 0 Å². The van der Waals surface area contributed by atoms with Gasteiger partial charge in [0.15, 0.2) is 0 Å². The van der Waals surface area contributed by atoms with Gasteiger partial charge in [-0.15, -0.1) is 0 Å². The summed E-state index contributed by atoms with van der Waals surface area (Å²) in [5.41, 5.74) is 1.44. The van der Waals surface area contributed by atoms with Gasteiger partial charge in [-0.25, -0.2) is 0 Å². The topological polar surface area (TPSA) is 45.5 Å². The van der Waals surface area contributed by atoms with Crippen molar-refractivity contribution in [2.75, 3.05) is 7.05 Å². The zero-order valence-electron chi connectivity index (χ0n) is 11.8. The van der Waals surface area contributed by atoms with Crippen molar-refractivity contribution in [1.29, 1.82) is 0 Å². The number of rotatable bonds is 4. The van der Waals surface area contributed by atoms with Crippen molar-refractivity contribution >= 4 is 21.8 Å². The predicted molar refractivity (Wildman–Crippen MR) is 84.3 cm³/mol. The highest BCUT2D eigenvalue weighted by Gasteiger charge is 2.28. The van der Waals surface area contributed by atoms with Gasteiger partial charge in [0.05, 0.1) is 0 Å². The van der Waals surface area contributed by atoms with E-state index in [0.29, 0.717) is 18.3 Å². The van der Waals surface area contributed by atoms with Crippen LogP contribution in [0.5, 0.6) is 5.75 Å². The Balaban J connectivity index is 1.80. The average molecular weight is 349 g/mol. The van der Waals surface area contributed by atoms with E-state index in [-0.39, 0.29) is 11.7 Å². The van der Waals surface area contributed by atoms with E-state index in [2.05, 4.69) is 15.9 Å². The van der Waals surface area contributed by atoms with E-state index in [1.54, 1.807) is 24.1 Å². The highest BCUT2D eigenvalue weighted by molar-refractivity contribution is 9.10. The van der Waals surface area contributed by atoms with Crippen LogP contribution in [-0.4, -0.2) is 27.5 Å². The third kappa shape index (κ3) is 2.97. The van der Waals surface area contributed by atoms with Gasteiger partial charge in [-0.2, -0.15) is 0 Å². The molecule has 1 fully saturated rings. The van der Waals surface area contributed by atoms with Crippen LogP contribution in [0.2, 0.25) is 0 Å². The number of carbonyl (C=O) groups excluding carboxylic acids is 1. The summed E-state index contributed by atoms with van der Waals surface area (Å²) >= 11 is 3.44. The lowest BCUT2D eigenvalue weighted by Crippen LogP contribution is -2.28. The van der Waals surface area contributed by atoms with Gasteiger partial charge in [-0.3, -0.25) is 4.79 Å². The molecule has 1 aliphatic rings. The molecule has 1 N–H and O–H groups in total. The molecule has 1 heterocycles. The van der Waals surface area contributed by atoms with Crippen LogP contribution in [-0.2, 0) is 6.54 Å². The van der Waals surface area contributed by atoms with E-state index >= 15 is 0 Å².